The average molecular weight is 274 g/mol. The Bertz CT molecular complexity index is 521. The molecule has 1 fully saturated rings. The first-order valence-corrected chi connectivity index (χ1v) is 7.02. The molecule has 2 atom stereocenters. The SMILES string of the molecule is CO[C@@H]1CNCC1NS(=O)(=O)c1cccc(F)c1. The lowest BCUT2D eigenvalue weighted by atomic mass is 10.2. The monoisotopic (exact) mass is 274 g/mol. The fourth-order valence-electron chi connectivity index (χ4n) is 1.92. The molecule has 0 aromatic heterocycles. The van der Waals surface area contributed by atoms with Gasteiger partial charge in [0.15, 0.2) is 0 Å². The van der Waals surface area contributed by atoms with Crippen LogP contribution in [0, 0.1) is 5.82 Å². The molecule has 0 radical (unpaired) electrons. The fourth-order valence-corrected chi connectivity index (χ4v) is 3.22. The van der Waals surface area contributed by atoms with Crippen LogP contribution in [-0.4, -0.2) is 40.8 Å². The number of methoxy groups -OCH3 is 1. The van der Waals surface area contributed by atoms with E-state index in [1.807, 2.05) is 0 Å². The summed E-state index contributed by atoms with van der Waals surface area (Å²) >= 11 is 0. The second-order valence-electron chi connectivity index (χ2n) is 4.12. The van der Waals surface area contributed by atoms with Crippen molar-refractivity contribution in [1.82, 2.24) is 10.0 Å². The highest BCUT2D eigenvalue weighted by atomic mass is 32.2. The number of rotatable bonds is 4. The minimum absolute atomic E-state index is 0.0794. The van der Waals surface area contributed by atoms with Gasteiger partial charge in [-0.05, 0) is 18.2 Å². The van der Waals surface area contributed by atoms with Gasteiger partial charge in [0.1, 0.15) is 5.82 Å². The maximum Gasteiger partial charge on any atom is 0.241 e. The van der Waals surface area contributed by atoms with Crippen LogP contribution in [0.25, 0.3) is 0 Å². The van der Waals surface area contributed by atoms with E-state index in [-0.39, 0.29) is 17.0 Å². The minimum Gasteiger partial charge on any atom is -0.378 e. The minimum atomic E-state index is -3.72. The van der Waals surface area contributed by atoms with Crippen molar-refractivity contribution in [1.29, 1.82) is 0 Å². The van der Waals surface area contributed by atoms with Crippen LogP contribution in [-0.2, 0) is 14.8 Å². The van der Waals surface area contributed by atoms with Crippen LogP contribution in [0.3, 0.4) is 0 Å². The molecule has 1 unspecified atom stereocenters. The zero-order chi connectivity index (χ0) is 13.2. The lowest BCUT2D eigenvalue weighted by molar-refractivity contribution is 0.103. The molecule has 0 bridgehead atoms. The predicted molar refractivity (Wildman–Crippen MR) is 64.2 cm³/mol. The topological polar surface area (TPSA) is 67.4 Å². The number of ether oxygens (including phenoxy) is 1. The van der Waals surface area contributed by atoms with E-state index >= 15 is 0 Å². The molecule has 18 heavy (non-hydrogen) atoms. The highest BCUT2D eigenvalue weighted by Gasteiger charge is 2.31. The highest BCUT2D eigenvalue weighted by molar-refractivity contribution is 7.89. The van der Waals surface area contributed by atoms with E-state index in [1.54, 1.807) is 0 Å². The third-order valence-electron chi connectivity index (χ3n) is 2.87. The van der Waals surface area contributed by atoms with Crippen LogP contribution < -0.4 is 10.0 Å². The van der Waals surface area contributed by atoms with Crippen LogP contribution in [0.5, 0.6) is 0 Å². The van der Waals surface area contributed by atoms with Crippen LogP contribution in [0.15, 0.2) is 29.2 Å². The summed E-state index contributed by atoms with van der Waals surface area (Å²) in [5.41, 5.74) is 0. The van der Waals surface area contributed by atoms with E-state index in [4.69, 9.17) is 4.74 Å². The van der Waals surface area contributed by atoms with Gasteiger partial charge >= 0.3 is 0 Å². The molecule has 1 aliphatic heterocycles. The Kier molecular flexibility index (Phi) is 3.96. The molecule has 1 saturated heterocycles. The van der Waals surface area contributed by atoms with Gasteiger partial charge in [-0.25, -0.2) is 17.5 Å². The lowest BCUT2D eigenvalue weighted by Crippen LogP contribution is -2.43. The predicted octanol–water partition coefficient (Wildman–Crippen LogP) is 0.0908. The van der Waals surface area contributed by atoms with E-state index in [0.29, 0.717) is 13.1 Å². The standard InChI is InChI=1S/C11H15FN2O3S/c1-17-11-7-13-6-10(11)14-18(15,16)9-4-2-3-8(12)5-9/h2-5,10-11,13-14H,6-7H2,1H3/t10?,11-/m1/s1. The van der Waals surface area contributed by atoms with Gasteiger partial charge in [-0.2, -0.15) is 0 Å². The summed E-state index contributed by atoms with van der Waals surface area (Å²) < 4.78 is 44.8. The number of benzene rings is 1. The first kappa shape index (κ1) is 13.4. The smallest absolute Gasteiger partial charge is 0.241 e. The van der Waals surface area contributed by atoms with E-state index in [1.165, 1.54) is 25.3 Å². The Morgan fingerprint density at radius 3 is 2.89 bits per heavy atom. The second-order valence-corrected chi connectivity index (χ2v) is 5.83. The lowest BCUT2D eigenvalue weighted by Gasteiger charge is -2.18. The Morgan fingerprint density at radius 2 is 2.22 bits per heavy atom. The Balaban J connectivity index is 2.17. The maximum absolute atomic E-state index is 13.0. The largest absolute Gasteiger partial charge is 0.378 e. The van der Waals surface area contributed by atoms with Crippen LogP contribution >= 0.6 is 0 Å². The quantitative estimate of drug-likeness (QED) is 0.816. The third kappa shape index (κ3) is 2.86. The van der Waals surface area contributed by atoms with Crippen molar-refractivity contribution < 1.29 is 17.5 Å². The second kappa shape index (κ2) is 5.31. The zero-order valence-electron chi connectivity index (χ0n) is 9.89. The molecule has 1 aliphatic rings. The summed E-state index contributed by atoms with van der Waals surface area (Å²) in [7, 11) is -2.19. The molecule has 0 aliphatic carbocycles. The van der Waals surface area contributed by atoms with E-state index < -0.39 is 15.8 Å². The number of sulfonamides is 1. The molecule has 1 aromatic rings. The molecule has 2 N–H and O–H groups in total. The van der Waals surface area contributed by atoms with Gasteiger partial charge < -0.3 is 10.1 Å². The fraction of sp³-hybridized carbons (Fsp3) is 0.455. The number of nitrogens with one attached hydrogen (secondary N) is 2. The van der Waals surface area contributed by atoms with Gasteiger partial charge in [-0.3, -0.25) is 0 Å². The van der Waals surface area contributed by atoms with Crippen molar-refractivity contribution in [3.05, 3.63) is 30.1 Å². The van der Waals surface area contributed by atoms with E-state index in [0.717, 1.165) is 6.07 Å². The molecule has 0 saturated carbocycles. The van der Waals surface area contributed by atoms with Gasteiger partial charge in [-0.15, -0.1) is 0 Å². The van der Waals surface area contributed by atoms with Crippen LogP contribution in [0.1, 0.15) is 0 Å². The average Bonchev–Trinajstić information content (AvgIpc) is 2.75. The van der Waals surface area contributed by atoms with Gasteiger partial charge in [0.25, 0.3) is 0 Å². The summed E-state index contributed by atoms with van der Waals surface area (Å²) in [5, 5.41) is 3.03. The molecule has 2 rings (SSSR count). The number of hydrogen-bond acceptors (Lipinski definition) is 4. The summed E-state index contributed by atoms with van der Waals surface area (Å²) in [4.78, 5) is -0.0794. The van der Waals surface area contributed by atoms with E-state index in [2.05, 4.69) is 10.0 Å². The first-order valence-electron chi connectivity index (χ1n) is 5.54. The van der Waals surface area contributed by atoms with Gasteiger partial charge in [0.2, 0.25) is 10.0 Å². The van der Waals surface area contributed by atoms with Crippen LogP contribution in [0.2, 0.25) is 0 Å². The van der Waals surface area contributed by atoms with Crippen molar-refractivity contribution in [2.24, 2.45) is 0 Å². The molecule has 1 heterocycles. The number of halogens is 1. The van der Waals surface area contributed by atoms with Crippen molar-refractivity contribution in [2.45, 2.75) is 17.0 Å². The molecule has 7 heteroatoms. The summed E-state index contributed by atoms with van der Waals surface area (Å²) in [6.45, 7) is 1.08. The summed E-state index contributed by atoms with van der Waals surface area (Å²) in [5.74, 6) is -0.578. The Morgan fingerprint density at radius 1 is 1.44 bits per heavy atom. The van der Waals surface area contributed by atoms with Gasteiger partial charge in [-0.1, -0.05) is 6.07 Å². The summed E-state index contributed by atoms with van der Waals surface area (Å²) in [6.07, 6.45) is -0.215. The first-order chi connectivity index (χ1) is 8.53. The Hall–Kier alpha value is -1.02. The molecule has 100 valence electrons. The molecule has 5 nitrogen and oxygen atoms in total. The summed E-state index contributed by atoms with van der Waals surface area (Å²) in [6, 6.07) is 4.57. The van der Waals surface area contributed by atoms with E-state index in [9.17, 15) is 12.8 Å². The van der Waals surface area contributed by atoms with Gasteiger partial charge in [0.05, 0.1) is 17.0 Å². The normalized spacial score (nSPS) is 24.3. The molecule has 1 aromatic carbocycles. The molecular weight excluding hydrogens is 259 g/mol. The van der Waals surface area contributed by atoms with Crippen molar-refractivity contribution >= 4 is 10.0 Å². The van der Waals surface area contributed by atoms with Crippen LogP contribution in [0.4, 0.5) is 4.39 Å². The zero-order valence-corrected chi connectivity index (χ0v) is 10.7. The highest BCUT2D eigenvalue weighted by Crippen LogP contribution is 2.13. The van der Waals surface area contributed by atoms with Crippen molar-refractivity contribution in [2.75, 3.05) is 20.2 Å². The van der Waals surface area contributed by atoms with Crippen molar-refractivity contribution in [3.63, 3.8) is 0 Å². The molecular formula is C11H15FN2O3S. The number of hydrogen-bond donors (Lipinski definition) is 2. The maximum atomic E-state index is 13.0. The molecule has 0 amide bonds. The Labute approximate surface area is 105 Å². The third-order valence-corrected chi connectivity index (χ3v) is 4.36. The van der Waals surface area contributed by atoms with Crippen molar-refractivity contribution in [3.8, 4) is 0 Å². The van der Waals surface area contributed by atoms with Gasteiger partial charge in [0, 0.05) is 20.2 Å². The molecule has 0 spiro atoms.